The van der Waals surface area contributed by atoms with Crippen molar-refractivity contribution in [1.29, 1.82) is 0 Å². The predicted octanol–water partition coefficient (Wildman–Crippen LogP) is 2.90. The quantitative estimate of drug-likeness (QED) is 0.776. The first-order chi connectivity index (χ1) is 13.1. The number of hydrogen-bond donors (Lipinski definition) is 1. The van der Waals surface area contributed by atoms with Crippen molar-refractivity contribution < 1.29 is 0 Å². The molecule has 3 heterocycles. The Bertz CT molecular complexity index is 739. The molecule has 1 aliphatic heterocycles. The molecule has 1 spiro atoms. The van der Waals surface area contributed by atoms with Gasteiger partial charge in [0.1, 0.15) is 5.82 Å². The number of aromatic nitrogens is 4. The van der Waals surface area contributed by atoms with Crippen molar-refractivity contribution in [3.63, 3.8) is 0 Å². The summed E-state index contributed by atoms with van der Waals surface area (Å²) in [5.74, 6) is 1.80. The molecule has 2 aliphatic rings. The van der Waals surface area contributed by atoms with E-state index in [9.17, 15) is 0 Å². The van der Waals surface area contributed by atoms with Gasteiger partial charge in [0.25, 0.3) is 0 Å². The second-order valence-electron chi connectivity index (χ2n) is 8.83. The van der Waals surface area contributed by atoms with Crippen molar-refractivity contribution in [3.05, 3.63) is 36.2 Å². The van der Waals surface area contributed by atoms with E-state index in [0.717, 1.165) is 26.2 Å². The van der Waals surface area contributed by atoms with Crippen molar-refractivity contribution in [3.8, 4) is 0 Å². The van der Waals surface area contributed by atoms with Crippen molar-refractivity contribution in [1.82, 2.24) is 29.5 Å². The average Bonchev–Trinajstić information content (AvgIpc) is 2.99. The van der Waals surface area contributed by atoms with Gasteiger partial charge in [-0.05, 0) is 50.6 Å². The number of rotatable bonds is 8. The Morgan fingerprint density at radius 3 is 2.85 bits per heavy atom. The van der Waals surface area contributed by atoms with Crippen molar-refractivity contribution in [2.24, 2.45) is 11.3 Å². The first kappa shape index (κ1) is 18.7. The molecule has 4 rings (SSSR count). The Hall–Kier alpha value is -1.66. The van der Waals surface area contributed by atoms with E-state index in [-0.39, 0.29) is 0 Å². The number of piperidine rings is 1. The van der Waals surface area contributed by atoms with E-state index in [1.807, 2.05) is 6.20 Å². The van der Waals surface area contributed by atoms with Crippen LogP contribution in [0.1, 0.15) is 51.4 Å². The molecule has 2 fully saturated rings. The van der Waals surface area contributed by atoms with Crippen LogP contribution in [0.3, 0.4) is 0 Å². The van der Waals surface area contributed by atoms with E-state index in [1.165, 1.54) is 43.7 Å². The summed E-state index contributed by atoms with van der Waals surface area (Å²) in [6, 6.07) is 0.676. The molecule has 1 atom stereocenters. The number of nitrogens with one attached hydrogen (secondary N) is 1. The number of nitrogens with zero attached hydrogens (tertiary/aromatic N) is 5. The molecular weight excluding hydrogens is 336 g/mol. The molecule has 6 nitrogen and oxygen atoms in total. The lowest BCUT2D eigenvalue weighted by Gasteiger charge is -2.29. The second kappa shape index (κ2) is 7.76. The number of hydrogen-bond acceptors (Lipinski definition) is 4. The molecule has 1 saturated carbocycles. The van der Waals surface area contributed by atoms with Crippen LogP contribution in [0.2, 0.25) is 0 Å². The maximum absolute atomic E-state index is 4.64. The molecule has 1 aliphatic carbocycles. The summed E-state index contributed by atoms with van der Waals surface area (Å²) in [5.41, 5.74) is 1.85. The van der Waals surface area contributed by atoms with Crippen LogP contribution in [-0.4, -0.2) is 43.4 Å². The third-order valence-corrected chi connectivity index (χ3v) is 6.30. The zero-order chi connectivity index (χ0) is 18.9. The third-order valence-electron chi connectivity index (χ3n) is 6.30. The SMILES string of the molecule is CCn1ccnc1CN(Cc1cnn(CC(C)C)c1)[C@@H]1CC12CCNCC2. The maximum atomic E-state index is 4.64. The summed E-state index contributed by atoms with van der Waals surface area (Å²) >= 11 is 0. The van der Waals surface area contributed by atoms with E-state index < -0.39 is 0 Å². The van der Waals surface area contributed by atoms with Crippen LogP contribution in [0, 0.1) is 11.3 Å². The summed E-state index contributed by atoms with van der Waals surface area (Å²) in [5, 5.41) is 8.11. The molecule has 0 radical (unpaired) electrons. The van der Waals surface area contributed by atoms with E-state index in [2.05, 4.69) is 68.9 Å². The van der Waals surface area contributed by atoms with Gasteiger partial charge < -0.3 is 9.88 Å². The van der Waals surface area contributed by atoms with Gasteiger partial charge in [-0.1, -0.05) is 13.8 Å². The fourth-order valence-corrected chi connectivity index (χ4v) is 4.74. The summed E-state index contributed by atoms with van der Waals surface area (Å²) in [4.78, 5) is 7.31. The van der Waals surface area contributed by atoms with Gasteiger partial charge in [-0.2, -0.15) is 5.10 Å². The smallest absolute Gasteiger partial charge is 0.122 e. The van der Waals surface area contributed by atoms with Crippen LogP contribution in [0.5, 0.6) is 0 Å². The summed E-state index contributed by atoms with van der Waals surface area (Å²) in [6.45, 7) is 12.9. The minimum atomic E-state index is 0.531. The van der Waals surface area contributed by atoms with Gasteiger partial charge in [0.2, 0.25) is 0 Å². The van der Waals surface area contributed by atoms with Crippen molar-refractivity contribution in [2.45, 2.75) is 72.3 Å². The van der Waals surface area contributed by atoms with Crippen LogP contribution in [-0.2, 0) is 26.2 Å². The van der Waals surface area contributed by atoms with Gasteiger partial charge in [-0.3, -0.25) is 9.58 Å². The Balaban J connectivity index is 1.50. The first-order valence-corrected chi connectivity index (χ1v) is 10.6. The molecule has 0 aromatic carbocycles. The van der Waals surface area contributed by atoms with Gasteiger partial charge >= 0.3 is 0 Å². The standard InChI is InChI=1S/C21H34N6/c1-4-25-10-9-23-20(25)16-26(19-11-21(19)5-7-22-8-6-21)14-18-12-24-27(15-18)13-17(2)3/h9-10,12,15,17,19,22H,4-8,11,13-14,16H2,1-3H3/t19-/m1/s1. The monoisotopic (exact) mass is 370 g/mol. The highest BCUT2D eigenvalue weighted by Gasteiger charge is 2.56. The highest BCUT2D eigenvalue weighted by Crippen LogP contribution is 2.56. The molecular formula is C21H34N6. The van der Waals surface area contributed by atoms with Crippen LogP contribution < -0.4 is 5.32 Å². The van der Waals surface area contributed by atoms with E-state index in [1.54, 1.807) is 0 Å². The van der Waals surface area contributed by atoms with E-state index in [0.29, 0.717) is 17.4 Å². The molecule has 1 N–H and O–H groups in total. The minimum absolute atomic E-state index is 0.531. The van der Waals surface area contributed by atoms with Crippen LogP contribution in [0.25, 0.3) is 0 Å². The second-order valence-corrected chi connectivity index (χ2v) is 8.83. The minimum Gasteiger partial charge on any atom is -0.334 e. The molecule has 27 heavy (non-hydrogen) atoms. The molecule has 0 amide bonds. The zero-order valence-electron chi connectivity index (χ0n) is 17.1. The maximum Gasteiger partial charge on any atom is 0.122 e. The van der Waals surface area contributed by atoms with Gasteiger partial charge in [0.05, 0.1) is 12.7 Å². The topological polar surface area (TPSA) is 50.9 Å². The predicted molar refractivity (Wildman–Crippen MR) is 107 cm³/mol. The Morgan fingerprint density at radius 1 is 1.30 bits per heavy atom. The van der Waals surface area contributed by atoms with Gasteiger partial charge in [-0.25, -0.2) is 4.98 Å². The van der Waals surface area contributed by atoms with E-state index in [4.69, 9.17) is 0 Å². The molecule has 0 bridgehead atoms. The molecule has 0 unspecified atom stereocenters. The fourth-order valence-electron chi connectivity index (χ4n) is 4.74. The Morgan fingerprint density at radius 2 is 2.11 bits per heavy atom. The third kappa shape index (κ3) is 4.11. The molecule has 1 saturated heterocycles. The van der Waals surface area contributed by atoms with Crippen LogP contribution in [0.4, 0.5) is 0 Å². The van der Waals surface area contributed by atoms with E-state index >= 15 is 0 Å². The molecule has 2 aromatic rings. The lowest BCUT2D eigenvalue weighted by molar-refractivity contribution is 0.182. The number of aryl methyl sites for hydroxylation is 1. The zero-order valence-corrected chi connectivity index (χ0v) is 17.1. The van der Waals surface area contributed by atoms with Crippen molar-refractivity contribution >= 4 is 0 Å². The summed E-state index contributed by atoms with van der Waals surface area (Å²) < 4.78 is 4.37. The van der Waals surface area contributed by atoms with Crippen molar-refractivity contribution in [2.75, 3.05) is 13.1 Å². The van der Waals surface area contributed by atoms with Gasteiger partial charge in [-0.15, -0.1) is 0 Å². The lowest BCUT2D eigenvalue weighted by atomic mass is 9.93. The molecule has 2 aromatic heterocycles. The summed E-state index contributed by atoms with van der Waals surface area (Å²) in [6.07, 6.45) is 12.3. The van der Waals surface area contributed by atoms with Gasteiger partial charge in [0.15, 0.2) is 0 Å². The van der Waals surface area contributed by atoms with Crippen LogP contribution in [0.15, 0.2) is 24.8 Å². The largest absolute Gasteiger partial charge is 0.334 e. The number of imidazole rings is 1. The Labute approximate surface area is 163 Å². The lowest BCUT2D eigenvalue weighted by Crippen LogP contribution is -2.36. The van der Waals surface area contributed by atoms with Crippen LogP contribution >= 0.6 is 0 Å². The normalized spacial score (nSPS) is 21.4. The summed E-state index contributed by atoms with van der Waals surface area (Å²) in [7, 11) is 0. The average molecular weight is 371 g/mol. The fraction of sp³-hybridized carbons (Fsp3) is 0.714. The van der Waals surface area contributed by atoms with Gasteiger partial charge in [0, 0.05) is 49.8 Å². The Kier molecular flexibility index (Phi) is 5.37. The molecule has 148 valence electrons. The molecule has 6 heteroatoms. The highest BCUT2D eigenvalue weighted by atomic mass is 15.3. The highest BCUT2D eigenvalue weighted by molar-refractivity contribution is 5.14. The first-order valence-electron chi connectivity index (χ1n) is 10.6.